The van der Waals surface area contributed by atoms with E-state index in [9.17, 15) is 58.8 Å². The predicted octanol–water partition coefficient (Wildman–Crippen LogP) is 0.520. The summed E-state index contributed by atoms with van der Waals surface area (Å²) >= 11 is 0. The zero-order valence-corrected chi connectivity index (χ0v) is 47.4. The first-order valence-electron chi connectivity index (χ1n) is 27.1. The van der Waals surface area contributed by atoms with Gasteiger partial charge in [-0.05, 0) is 61.8 Å². The van der Waals surface area contributed by atoms with Gasteiger partial charge in [0, 0.05) is 46.2 Å². The highest BCUT2D eigenvalue weighted by atomic mass is 16.6. The molecule has 10 N–H and O–H groups in total. The van der Waals surface area contributed by atoms with Crippen LogP contribution in [0.5, 0.6) is 0 Å². The Morgan fingerprint density at radius 3 is 2.08 bits per heavy atom. The van der Waals surface area contributed by atoms with Crippen molar-refractivity contribution in [2.45, 2.75) is 174 Å². The maximum atomic E-state index is 15.3. The Kier molecular flexibility index (Phi) is 27.3. The molecule has 0 radical (unpaired) electrons. The number of carbonyl (C=O) groups is 9. The van der Waals surface area contributed by atoms with E-state index in [1.807, 2.05) is 6.92 Å². The largest absolute Gasteiger partial charge is 0.494 e. The number of amides is 7. The Morgan fingerprint density at radius 1 is 0.873 bits per heavy atom. The average Bonchev–Trinajstić information content (AvgIpc) is 3.43. The van der Waals surface area contributed by atoms with Gasteiger partial charge >= 0.3 is 11.9 Å². The van der Waals surface area contributed by atoms with Crippen LogP contribution in [0, 0.1) is 23.7 Å². The number of likely N-dealkylation sites (N-methyl/N-ethyl adjacent to an activating group) is 2. The van der Waals surface area contributed by atoms with E-state index in [1.165, 1.54) is 47.0 Å². The number of cyclic esters (lactones) is 1. The van der Waals surface area contributed by atoms with E-state index in [0.29, 0.717) is 29.7 Å². The van der Waals surface area contributed by atoms with Crippen LogP contribution in [0.25, 0.3) is 0 Å². The van der Waals surface area contributed by atoms with Crippen molar-refractivity contribution in [1.29, 1.82) is 0 Å². The second-order valence-electron chi connectivity index (χ2n) is 20.7. The molecule has 2 aliphatic rings. The molecule has 7 amide bonds. The number of hydrogen-bond acceptors (Lipinski definition) is 16. The maximum absolute atomic E-state index is 15.3. The van der Waals surface area contributed by atoms with Crippen LogP contribution in [0.4, 0.5) is 0 Å². The normalized spacial score (nSPS) is 24.9. The van der Waals surface area contributed by atoms with Crippen molar-refractivity contribution >= 4 is 53.3 Å². The van der Waals surface area contributed by atoms with Crippen molar-refractivity contribution in [3.05, 3.63) is 71.5 Å². The van der Waals surface area contributed by atoms with Gasteiger partial charge in [0.2, 0.25) is 41.4 Å². The first kappa shape index (κ1) is 66.6. The van der Waals surface area contributed by atoms with Crippen LogP contribution < -0.4 is 31.9 Å². The minimum Gasteiger partial charge on any atom is -0.494 e. The number of aliphatic hydroxyl groups is 4. The molecule has 2 unspecified atom stereocenters. The van der Waals surface area contributed by atoms with Gasteiger partial charge in [-0.25, -0.2) is 4.79 Å². The van der Waals surface area contributed by atoms with E-state index < -0.39 is 157 Å². The molecule has 1 aromatic carbocycles. The molecule has 1 fully saturated rings. The smallest absolute Gasteiger partial charge is 0.332 e. The lowest BCUT2D eigenvalue weighted by Crippen LogP contribution is -2.62. The fraction of sp³-hybridized carbons (Fsp3) is 0.625. The minimum absolute atomic E-state index is 0.0601. The number of esters is 2. The van der Waals surface area contributed by atoms with Gasteiger partial charge in [0.25, 0.3) is 0 Å². The highest BCUT2D eigenvalue weighted by Gasteiger charge is 2.42. The summed E-state index contributed by atoms with van der Waals surface area (Å²) < 4.78 is 17.2. The van der Waals surface area contributed by atoms with Gasteiger partial charge in [0.15, 0.2) is 6.04 Å². The second-order valence-corrected chi connectivity index (χ2v) is 20.7. The van der Waals surface area contributed by atoms with Crippen molar-refractivity contribution < 1.29 is 77.8 Å². The number of ether oxygens (including phenoxy) is 3. The van der Waals surface area contributed by atoms with Crippen LogP contribution in [-0.4, -0.2) is 173 Å². The zero-order chi connectivity index (χ0) is 59.3. The van der Waals surface area contributed by atoms with Crippen LogP contribution in [-0.2, 0) is 63.8 Å². The topological polar surface area (TPSA) is 338 Å². The molecular weight excluding hydrogens is 1030 g/mol. The molecule has 0 bridgehead atoms. The summed E-state index contributed by atoms with van der Waals surface area (Å²) in [6.45, 7) is 12.3. The van der Waals surface area contributed by atoms with Crippen LogP contribution in [0.1, 0.15) is 106 Å². The Bertz CT molecular complexity index is 2340. The Labute approximate surface area is 463 Å². The van der Waals surface area contributed by atoms with Crippen molar-refractivity contribution in [3.63, 3.8) is 0 Å². The maximum Gasteiger partial charge on any atom is 0.332 e. The van der Waals surface area contributed by atoms with E-state index in [0.717, 1.165) is 11.8 Å². The van der Waals surface area contributed by atoms with E-state index in [4.69, 9.17) is 14.2 Å². The Hall–Kier alpha value is -6.69. The summed E-state index contributed by atoms with van der Waals surface area (Å²) in [4.78, 5) is 127. The molecule has 0 aromatic heterocycles. The van der Waals surface area contributed by atoms with Crippen molar-refractivity contribution in [1.82, 2.24) is 36.8 Å². The van der Waals surface area contributed by atoms with Gasteiger partial charge < -0.3 is 71.4 Å². The SMILES string of the molecule is CCCC(O)CC(OC1=CC=C([C@@H]2NC(=O)[C@@H]([C@@H](C)CC)NC(=O)[C@@H](NC(=O)[C@H](C)[C@H](O)C(C)C)[C@@H](C)OC(=O)[C@H](COC(C)=O)NC(=O)[C@@H]([C@@H](C)O)NC(=O)[C@H](Cc3ccccc3)N(C)C2=O)CC1)[C@H](/C=C/C(=O)NC)CO. The van der Waals surface area contributed by atoms with Gasteiger partial charge in [-0.2, -0.15) is 0 Å². The molecule has 0 spiro atoms. The molecule has 1 aliphatic carbocycles. The Morgan fingerprint density at radius 2 is 1.52 bits per heavy atom. The van der Waals surface area contributed by atoms with Gasteiger partial charge in [-0.3, -0.25) is 38.4 Å². The number of nitrogens with one attached hydrogen (secondary N) is 6. The molecule has 23 nitrogen and oxygen atoms in total. The zero-order valence-electron chi connectivity index (χ0n) is 47.4. The second kappa shape index (κ2) is 32.4. The fourth-order valence-electron chi connectivity index (χ4n) is 8.92. The van der Waals surface area contributed by atoms with Crippen molar-refractivity contribution in [2.24, 2.45) is 23.7 Å². The summed E-state index contributed by atoms with van der Waals surface area (Å²) in [5.74, 6) is -10.7. The number of hydrogen-bond donors (Lipinski definition) is 10. The molecule has 1 aliphatic heterocycles. The molecule has 1 heterocycles. The lowest BCUT2D eigenvalue weighted by Gasteiger charge is -2.35. The van der Waals surface area contributed by atoms with E-state index >= 15 is 4.79 Å². The molecule has 14 atom stereocenters. The number of aliphatic hydroxyl groups excluding tert-OH is 4. The summed E-state index contributed by atoms with van der Waals surface area (Å²) in [6.07, 6.45) is 1.32. The van der Waals surface area contributed by atoms with Gasteiger partial charge in [0.05, 0.1) is 36.6 Å². The van der Waals surface area contributed by atoms with Crippen LogP contribution in [0.15, 0.2) is 66.0 Å². The first-order valence-corrected chi connectivity index (χ1v) is 27.1. The molecule has 0 saturated carbocycles. The van der Waals surface area contributed by atoms with Crippen molar-refractivity contribution in [2.75, 3.05) is 27.3 Å². The highest BCUT2D eigenvalue weighted by Crippen LogP contribution is 2.29. The van der Waals surface area contributed by atoms with E-state index in [1.54, 1.807) is 70.2 Å². The molecule has 1 saturated heterocycles. The number of benzene rings is 1. The molecular formula is C56H85N7O16. The average molecular weight is 1110 g/mol. The highest BCUT2D eigenvalue weighted by molar-refractivity contribution is 5.99. The lowest BCUT2D eigenvalue weighted by molar-refractivity contribution is -0.160. The predicted molar refractivity (Wildman–Crippen MR) is 289 cm³/mol. The monoisotopic (exact) mass is 1110 g/mol. The molecule has 23 heteroatoms. The third-order valence-corrected chi connectivity index (χ3v) is 14.2. The summed E-state index contributed by atoms with van der Waals surface area (Å²) in [7, 11) is 2.77. The number of nitrogens with zero attached hydrogens (tertiary/aromatic N) is 1. The van der Waals surface area contributed by atoms with Crippen LogP contribution >= 0.6 is 0 Å². The standard InChI is InChI=1S/C56H85N7O16/c1-12-17-39(67)27-43(38(28-64)22-25-44(68)57-10)79-40-23-20-37(21-24-40)48-55(75)63(11)42(26-36-18-15-14-16-19-36)51(71)60-46(33(7)65)53(73)58-41(29-77-35(9)66)56(76)78-34(8)47(61-50(70)32(6)49(69)30(3)4)54(74)59-45(31(5)13-2)52(72)62-48/h14-16,18-20,22-23,25,30-34,38-39,41-43,45-49,64-65,67,69H,12-13,17,21,24,26-29H2,1-11H3,(H,57,68)(H,58,73)(H,59,74)(H,60,71)(H,61,70)(H,62,72)/b25-22+/t31-,32+,33+,34+,38+,39?,41-,42-,43?,45+,46+,47-,48-,49+/m0/s1. The summed E-state index contributed by atoms with van der Waals surface area (Å²) in [5.41, 5.74) is 0.888. The molecule has 3 rings (SSSR count). The number of rotatable bonds is 22. The quantitative estimate of drug-likeness (QED) is 0.0559. The van der Waals surface area contributed by atoms with E-state index in [2.05, 4.69) is 31.9 Å². The molecule has 440 valence electrons. The van der Waals surface area contributed by atoms with Crippen LogP contribution in [0.2, 0.25) is 0 Å². The Balaban J connectivity index is 2.34. The van der Waals surface area contributed by atoms with Gasteiger partial charge in [0.1, 0.15) is 49.0 Å². The van der Waals surface area contributed by atoms with Gasteiger partial charge in [-0.15, -0.1) is 0 Å². The molecule has 1 aromatic rings. The summed E-state index contributed by atoms with van der Waals surface area (Å²) in [5, 5.41) is 58.6. The van der Waals surface area contributed by atoms with E-state index in [-0.39, 0.29) is 32.1 Å². The summed E-state index contributed by atoms with van der Waals surface area (Å²) in [6, 6.07) is -1.31. The molecule has 79 heavy (non-hydrogen) atoms. The lowest BCUT2D eigenvalue weighted by atomic mass is 9.92. The fourth-order valence-corrected chi connectivity index (χ4v) is 8.92. The number of allylic oxidation sites excluding steroid dienone is 3. The van der Waals surface area contributed by atoms with Crippen molar-refractivity contribution in [3.8, 4) is 0 Å². The third kappa shape index (κ3) is 20.2. The minimum atomic E-state index is -1.83. The first-order chi connectivity index (χ1) is 37.3. The number of carbonyl (C=O) groups excluding carboxylic acids is 9. The van der Waals surface area contributed by atoms with Gasteiger partial charge in [-0.1, -0.05) is 96.9 Å². The van der Waals surface area contributed by atoms with Crippen LogP contribution in [0.3, 0.4) is 0 Å². The third-order valence-electron chi connectivity index (χ3n) is 14.2.